The molecular formula is C7H2Br13O3S. The van der Waals surface area contributed by atoms with E-state index in [4.69, 9.17) is 0 Å². The van der Waals surface area contributed by atoms with E-state index in [9.17, 15) is 8.42 Å². The SMILES string of the molecule is [CH2]OS(=O)(=O)C(Br)(Br)C(Br)(Br)C(Br)(Br)C(Br)(Br)C(Br)(Br)C(Br)(Br)Br. The molecule has 0 aromatic rings. The van der Waals surface area contributed by atoms with E-state index in [-0.39, 0.29) is 0 Å². The summed E-state index contributed by atoms with van der Waals surface area (Å²) in [5, 5.41) is 0. The Bertz CT molecular complexity index is 575. The quantitative estimate of drug-likeness (QED) is 0.197. The zero-order chi connectivity index (χ0) is 20.2. The van der Waals surface area contributed by atoms with Crippen molar-refractivity contribution in [1.29, 1.82) is 0 Å². The summed E-state index contributed by atoms with van der Waals surface area (Å²) in [7, 11) is -1.23. The highest BCUT2D eigenvalue weighted by Crippen LogP contribution is 2.75. The molecule has 0 unspecified atom stereocenters. The molecule has 0 aliphatic rings. The van der Waals surface area contributed by atoms with Crippen LogP contribution in [-0.2, 0) is 14.3 Å². The number of halogens is 13. The zero-order valence-corrected chi connectivity index (χ0v) is 31.7. The van der Waals surface area contributed by atoms with Crippen molar-refractivity contribution in [3.05, 3.63) is 7.11 Å². The molecule has 1 radical (unpaired) electrons. The second kappa shape index (κ2) is 9.56. The van der Waals surface area contributed by atoms with Gasteiger partial charge in [-0.25, -0.2) is 0 Å². The largest absolute Gasteiger partial charge is 0.296 e. The Morgan fingerprint density at radius 1 is 0.583 bits per heavy atom. The van der Waals surface area contributed by atoms with Gasteiger partial charge in [-0.2, -0.15) is 8.42 Å². The van der Waals surface area contributed by atoms with Crippen molar-refractivity contribution < 1.29 is 12.6 Å². The molecule has 0 spiro atoms. The first-order valence-electron chi connectivity index (χ1n) is 4.70. The number of alkyl halides is 13. The van der Waals surface area contributed by atoms with E-state index in [1.54, 1.807) is 0 Å². The van der Waals surface area contributed by atoms with E-state index in [0.717, 1.165) is 0 Å². The predicted molar refractivity (Wildman–Crippen MR) is 148 cm³/mol. The van der Waals surface area contributed by atoms with Crippen LogP contribution in [0, 0.1) is 7.11 Å². The van der Waals surface area contributed by atoms with E-state index in [0.29, 0.717) is 0 Å². The lowest BCUT2D eigenvalue weighted by molar-refractivity contribution is 0.430. The summed E-state index contributed by atoms with van der Waals surface area (Å²) in [6.07, 6.45) is 0. The Labute approximate surface area is 249 Å². The Balaban J connectivity index is 6.52. The number of hydrogen-bond donors (Lipinski definition) is 0. The maximum absolute atomic E-state index is 12.3. The average molecular weight is 1200 g/mol. The lowest BCUT2D eigenvalue weighted by atomic mass is 10.2. The van der Waals surface area contributed by atoms with Gasteiger partial charge < -0.3 is 0 Å². The van der Waals surface area contributed by atoms with E-state index < -0.39 is 27.8 Å². The van der Waals surface area contributed by atoms with Gasteiger partial charge in [0.05, 0.1) is 7.11 Å². The van der Waals surface area contributed by atoms with Gasteiger partial charge in [0.1, 0.15) is 12.9 Å². The lowest BCUT2D eigenvalue weighted by Crippen LogP contribution is -2.64. The third-order valence-corrected chi connectivity index (χ3v) is 30.7. The van der Waals surface area contributed by atoms with Crippen molar-refractivity contribution >= 4 is 217 Å². The fourth-order valence-corrected chi connectivity index (χ4v) is 13.5. The van der Waals surface area contributed by atoms with Crippen molar-refractivity contribution in [3.63, 3.8) is 0 Å². The van der Waals surface area contributed by atoms with Crippen LogP contribution in [0.3, 0.4) is 0 Å². The van der Waals surface area contributed by atoms with Crippen LogP contribution in [0.25, 0.3) is 0 Å². The van der Waals surface area contributed by atoms with E-state index >= 15 is 0 Å². The number of hydrogen-bond acceptors (Lipinski definition) is 3. The minimum Gasteiger partial charge on any atom is -0.266 e. The van der Waals surface area contributed by atoms with Crippen LogP contribution in [0.5, 0.6) is 0 Å². The van der Waals surface area contributed by atoms with Crippen LogP contribution < -0.4 is 0 Å². The summed E-state index contributed by atoms with van der Waals surface area (Å²) in [6.45, 7) is 0. The van der Waals surface area contributed by atoms with Gasteiger partial charge in [-0.05, 0) is 31.9 Å². The van der Waals surface area contributed by atoms with Crippen LogP contribution in [0.1, 0.15) is 0 Å². The third kappa shape index (κ3) is 5.20. The van der Waals surface area contributed by atoms with Gasteiger partial charge in [-0.3, -0.25) is 4.18 Å². The minimum atomic E-state index is -4.22. The fourth-order valence-electron chi connectivity index (χ4n) is 0.986. The molecule has 0 heterocycles. The summed E-state index contributed by atoms with van der Waals surface area (Å²) in [6, 6.07) is 0. The van der Waals surface area contributed by atoms with Crippen LogP contribution in [0.2, 0.25) is 0 Å². The maximum atomic E-state index is 12.3. The van der Waals surface area contributed by atoms with Crippen LogP contribution in [-0.4, -0.2) is 26.1 Å². The highest BCUT2D eigenvalue weighted by molar-refractivity contribution is 9.42. The summed E-state index contributed by atoms with van der Waals surface area (Å²) >= 11 is 44.6. The molecule has 0 saturated carbocycles. The van der Waals surface area contributed by atoms with Crippen LogP contribution in [0.4, 0.5) is 0 Å². The first-order chi connectivity index (χ1) is 10.1. The van der Waals surface area contributed by atoms with Crippen molar-refractivity contribution in [1.82, 2.24) is 0 Å². The van der Waals surface area contributed by atoms with Gasteiger partial charge in [-0.15, -0.1) is 0 Å². The molecule has 0 aliphatic carbocycles. The summed E-state index contributed by atoms with van der Waals surface area (Å²) < 4.78 is 21.3. The lowest BCUT2D eigenvalue weighted by Gasteiger charge is -2.53. The standard InChI is InChI=1S/C7H2Br13O3S/c1-23-24(21,22)7(19,20)5(14,15)3(10,11)2(8,9)4(12,13)6(16,17)18/h1H2. The third-order valence-electron chi connectivity index (χ3n) is 2.37. The monoisotopic (exact) mass is 1190 g/mol. The van der Waals surface area contributed by atoms with Gasteiger partial charge >= 0.3 is 0 Å². The highest BCUT2D eigenvalue weighted by Gasteiger charge is 2.75. The van der Waals surface area contributed by atoms with Crippen molar-refractivity contribution in [2.75, 3.05) is 0 Å². The van der Waals surface area contributed by atoms with Gasteiger partial charge in [0.15, 0.2) is 2.14 Å². The second-order valence-electron chi connectivity index (χ2n) is 3.88. The Morgan fingerprint density at radius 2 is 0.875 bits per heavy atom. The normalized spacial score (nSPS) is 16.4. The van der Waals surface area contributed by atoms with Gasteiger partial charge in [0.25, 0.3) is 10.1 Å². The highest BCUT2D eigenvalue weighted by atomic mass is 80.0. The van der Waals surface area contributed by atoms with Crippen LogP contribution >= 0.6 is 207 Å². The van der Waals surface area contributed by atoms with Crippen LogP contribution in [0.15, 0.2) is 0 Å². The molecule has 17 heteroatoms. The molecule has 0 atom stereocenters. The molecular weight excluding hydrogens is 1200 g/mol. The molecule has 0 aromatic carbocycles. The Morgan fingerprint density at radius 3 is 1.12 bits per heavy atom. The molecule has 145 valence electrons. The number of rotatable bonds is 6. The first kappa shape index (κ1) is 30.1. The van der Waals surface area contributed by atoms with Crippen molar-refractivity contribution in [2.24, 2.45) is 0 Å². The van der Waals surface area contributed by atoms with Gasteiger partial charge in [0.2, 0.25) is 2.57 Å². The molecule has 3 nitrogen and oxygen atoms in total. The first-order valence-corrected chi connectivity index (χ1v) is 16.4. The average Bonchev–Trinajstić information content (AvgIpc) is 2.36. The molecule has 0 amide bonds. The smallest absolute Gasteiger partial charge is 0.266 e. The molecule has 0 rings (SSSR count). The van der Waals surface area contributed by atoms with Gasteiger partial charge in [-0.1, -0.05) is 175 Å². The summed E-state index contributed by atoms with van der Waals surface area (Å²) in [5.41, 5.74) is 0. The maximum Gasteiger partial charge on any atom is 0.296 e. The van der Waals surface area contributed by atoms with Crippen molar-refractivity contribution in [3.8, 4) is 0 Å². The predicted octanol–water partition coefficient (Wildman–Crippen LogP) is 9.35. The fraction of sp³-hybridized carbons (Fsp3) is 0.857. The molecule has 0 fully saturated rings. The molecule has 0 aromatic heterocycles. The Kier molecular flexibility index (Phi) is 12.0. The molecule has 0 bridgehead atoms. The van der Waals surface area contributed by atoms with E-state index in [2.05, 4.69) is 218 Å². The zero-order valence-electron chi connectivity index (χ0n) is 10.3. The summed E-state index contributed by atoms with van der Waals surface area (Å²) in [5.74, 6) is 0. The van der Waals surface area contributed by atoms with E-state index in [1.165, 1.54) is 0 Å². The molecule has 0 aliphatic heterocycles. The molecule has 0 saturated heterocycles. The molecule has 0 N–H and O–H groups in total. The second-order valence-corrected chi connectivity index (χ2v) is 30.7. The summed E-state index contributed by atoms with van der Waals surface area (Å²) in [4.78, 5) is 0. The van der Waals surface area contributed by atoms with Crippen molar-refractivity contribution in [2.45, 2.75) is 17.6 Å². The van der Waals surface area contributed by atoms with Gasteiger partial charge in [0, 0.05) is 0 Å². The topological polar surface area (TPSA) is 43.4 Å². The minimum absolute atomic E-state index is 0.890. The van der Waals surface area contributed by atoms with E-state index in [1.807, 2.05) is 0 Å². The molecule has 24 heavy (non-hydrogen) atoms. The Hall–Kier alpha value is 6.15.